The lowest BCUT2D eigenvalue weighted by Gasteiger charge is -2.61. The van der Waals surface area contributed by atoms with Crippen LogP contribution in [0.2, 0.25) is 0 Å². The van der Waals surface area contributed by atoms with E-state index in [1.807, 2.05) is 0 Å². The summed E-state index contributed by atoms with van der Waals surface area (Å²) in [4.78, 5) is -1.66. The molecule has 4 bridgehead atoms. The molecule has 0 aromatic heterocycles. The van der Waals surface area contributed by atoms with Gasteiger partial charge < -0.3 is 0 Å². The van der Waals surface area contributed by atoms with Gasteiger partial charge in [-0.2, -0.15) is 13.2 Å². The maximum atomic E-state index is 14.6. The van der Waals surface area contributed by atoms with Crippen molar-refractivity contribution in [2.45, 2.75) is 67.3 Å². The predicted octanol–water partition coefficient (Wildman–Crippen LogP) is 5.10. The molecule has 5 atom stereocenters. The summed E-state index contributed by atoms with van der Waals surface area (Å²) in [5.41, 5.74) is -3.97. The lowest BCUT2D eigenvalue weighted by molar-refractivity contribution is -0.190. The van der Waals surface area contributed by atoms with E-state index in [4.69, 9.17) is 0 Å². The van der Waals surface area contributed by atoms with Crippen molar-refractivity contribution in [2.24, 2.45) is 11.3 Å². The van der Waals surface area contributed by atoms with E-state index in [9.17, 15) is 22.0 Å². The Balaban J connectivity index is 1.85. The van der Waals surface area contributed by atoms with Crippen molar-refractivity contribution >= 4 is 15.9 Å². The molecule has 110 valence electrons. The first-order valence-corrected chi connectivity index (χ1v) is 7.54. The Bertz CT molecular complexity index is 375. The fourth-order valence-electron chi connectivity index (χ4n) is 5.12. The van der Waals surface area contributed by atoms with Crippen LogP contribution in [-0.2, 0) is 0 Å². The molecule has 4 fully saturated rings. The predicted molar refractivity (Wildman–Crippen MR) is 64.7 cm³/mol. The van der Waals surface area contributed by atoms with E-state index in [1.165, 1.54) is 0 Å². The molecule has 0 aromatic rings. The molecule has 0 N–H and O–H groups in total. The average Bonchev–Trinajstić information content (AvgIpc) is 2.07. The van der Waals surface area contributed by atoms with Crippen LogP contribution < -0.4 is 0 Å². The van der Waals surface area contributed by atoms with Crippen LogP contribution >= 0.6 is 15.9 Å². The Hall–Kier alpha value is 0.130. The quantitative estimate of drug-likeness (QED) is 0.481. The summed E-state index contributed by atoms with van der Waals surface area (Å²) in [6, 6.07) is 0. The summed E-state index contributed by atoms with van der Waals surface area (Å²) in [7, 11) is 0. The van der Waals surface area contributed by atoms with Crippen LogP contribution in [0.15, 0.2) is 0 Å². The Morgan fingerprint density at radius 2 is 1.53 bits per heavy atom. The summed E-state index contributed by atoms with van der Waals surface area (Å²) in [6.07, 6.45) is -3.26. The SMILES string of the molecule is FC(F)(F)C(Br)CC12CC3C[C@@](F)(C1)C[C@](F)(C3)C2. The highest BCUT2D eigenvalue weighted by molar-refractivity contribution is 9.09. The molecule has 0 aliphatic heterocycles. The molecule has 0 amide bonds. The van der Waals surface area contributed by atoms with Crippen molar-refractivity contribution in [3.05, 3.63) is 0 Å². The number of rotatable bonds is 2. The molecule has 0 spiro atoms. The summed E-state index contributed by atoms with van der Waals surface area (Å²) >= 11 is 2.65. The lowest BCUT2D eigenvalue weighted by atomic mass is 9.46. The van der Waals surface area contributed by atoms with E-state index in [2.05, 4.69) is 15.9 Å². The zero-order valence-corrected chi connectivity index (χ0v) is 12.0. The standard InChI is InChI=1S/C13H16BrF5/c14-9(13(17,18)19)4-10-1-8-2-11(15,5-10)7-12(16,3-8)6-10/h8-9H,1-7H2/t8?,9?,10?,11-,12+. The molecule has 0 saturated heterocycles. The van der Waals surface area contributed by atoms with E-state index >= 15 is 0 Å². The molecule has 4 aliphatic carbocycles. The minimum atomic E-state index is -4.35. The largest absolute Gasteiger partial charge is 0.401 e. The molecule has 19 heavy (non-hydrogen) atoms. The van der Waals surface area contributed by atoms with Crippen LogP contribution in [0.1, 0.15) is 44.9 Å². The number of alkyl halides is 6. The van der Waals surface area contributed by atoms with Crippen molar-refractivity contribution < 1.29 is 22.0 Å². The minimum Gasteiger partial charge on any atom is -0.244 e. The number of hydrogen-bond acceptors (Lipinski definition) is 0. The molecule has 0 aromatic carbocycles. The maximum absolute atomic E-state index is 14.6. The van der Waals surface area contributed by atoms with Gasteiger partial charge in [0.05, 0.1) is 0 Å². The van der Waals surface area contributed by atoms with Gasteiger partial charge >= 0.3 is 6.18 Å². The molecule has 0 heterocycles. The van der Waals surface area contributed by atoms with Gasteiger partial charge in [-0.25, -0.2) is 8.78 Å². The van der Waals surface area contributed by atoms with Gasteiger partial charge in [0.25, 0.3) is 0 Å². The van der Waals surface area contributed by atoms with E-state index in [0.29, 0.717) is 19.3 Å². The average molecular weight is 347 g/mol. The van der Waals surface area contributed by atoms with Crippen LogP contribution in [0.25, 0.3) is 0 Å². The number of hydrogen-bond donors (Lipinski definition) is 0. The van der Waals surface area contributed by atoms with Crippen molar-refractivity contribution in [1.29, 1.82) is 0 Å². The van der Waals surface area contributed by atoms with Crippen LogP contribution in [0, 0.1) is 11.3 Å². The van der Waals surface area contributed by atoms with Crippen LogP contribution in [0.4, 0.5) is 22.0 Å². The minimum absolute atomic E-state index is 0.0841. The molecule has 3 unspecified atom stereocenters. The second-order valence-corrected chi connectivity index (χ2v) is 8.13. The molecule has 0 nitrogen and oxygen atoms in total. The molecular weight excluding hydrogens is 331 g/mol. The Morgan fingerprint density at radius 1 is 1.00 bits per heavy atom. The molecule has 4 aliphatic rings. The zero-order valence-electron chi connectivity index (χ0n) is 10.4. The first-order chi connectivity index (χ1) is 8.53. The first-order valence-electron chi connectivity index (χ1n) is 6.62. The van der Waals surface area contributed by atoms with Crippen molar-refractivity contribution in [3.8, 4) is 0 Å². The van der Waals surface area contributed by atoms with Gasteiger partial charge in [-0.15, -0.1) is 0 Å². The van der Waals surface area contributed by atoms with Gasteiger partial charge in [0.2, 0.25) is 0 Å². The van der Waals surface area contributed by atoms with Gasteiger partial charge in [-0.1, -0.05) is 15.9 Å². The highest BCUT2D eigenvalue weighted by Crippen LogP contribution is 2.67. The van der Waals surface area contributed by atoms with Gasteiger partial charge in [-0.05, 0) is 49.9 Å². The van der Waals surface area contributed by atoms with E-state index in [0.717, 1.165) is 0 Å². The zero-order chi connectivity index (χ0) is 14.1. The third kappa shape index (κ3) is 2.42. The summed E-state index contributed by atoms with van der Waals surface area (Å²) in [5, 5.41) is 0. The summed E-state index contributed by atoms with van der Waals surface area (Å²) < 4.78 is 67.2. The highest BCUT2D eigenvalue weighted by atomic mass is 79.9. The van der Waals surface area contributed by atoms with Gasteiger partial charge in [0, 0.05) is 6.42 Å². The normalized spacial score (nSPS) is 50.5. The molecule has 4 saturated carbocycles. The third-order valence-corrected chi connectivity index (χ3v) is 5.86. The molecule has 4 rings (SSSR count). The van der Waals surface area contributed by atoms with Gasteiger partial charge in [0.1, 0.15) is 16.2 Å². The Kier molecular flexibility index (Phi) is 2.86. The van der Waals surface area contributed by atoms with Crippen LogP contribution in [0.3, 0.4) is 0 Å². The fourth-order valence-corrected chi connectivity index (χ4v) is 5.81. The van der Waals surface area contributed by atoms with Crippen molar-refractivity contribution in [2.75, 3.05) is 0 Å². The van der Waals surface area contributed by atoms with Crippen molar-refractivity contribution in [3.63, 3.8) is 0 Å². The smallest absolute Gasteiger partial charge is 0.244 e. The van der Waals surface area contributed by atoms with Gasteiger partial charge in [-0.3, -0.25) is 0 Å². The second kappa shape index (κ2) is 3.86. The Labute approximate surface area is 117 Å². The lowest BCUT2D eigenvalue weighted by Crippen LogP contribution is -2.60. The summed E-state index contributed by atoms with van der Waals surface area (Å²) in [6.45, 7) is 0. The van der Waals surface area contributed by atoms with E-state index in [-0.39, 0.29) is 31.6 Å². The van der Waals surface area contributed by atoms with Crippen LogP contribution in [-0.4, -0.2) is 22.3 Å². The monoisotopic (exact) mass is 346 g/mol. The van der Waals surface area contributed by atoms with E-state index in [1.54, 1.807) is 0 Å². The fraction of sp³-hybridized carbons (Fsp3) is 1.00. The highest BCUT2D eigenvalue weighted by Gasteiger charge is 2.65. The number of halogens is 6. The van der Waals surface area contributed by atoms with E-state index < -0.39 is 27.8 Å². The first kappa shape index (κ1) is 14.1. The molecule has 0 radical (unpaired) electrons. The van der Waals surface area contributed by atoms with Gasteiger partial charge in [0.15, 0.2) is 0 Å². The summed E-state index contributed by atoms with van der Waals surface area (Å²) in [5.74, 6) is -0.0841. The van der Waals surface area contributed by atoms with Crippen molar-refractivity contribution in [1.82, 2.24) is 0 Å². The topological polar surface area (TPSA) is 0 Å². The molecule has 6 heteroatoms. The maximum Gasteiger partial charge on any atom is 0.401 e. The Morgan fingerprint density at radius 3 is 1.95 bits per heavy atom. The third-order valence-electron chi connectivity index (χ3n) is 5.02. The van der Waals surface area contributed by atoms with Crippen LogP contribution in [0.5, 0.6) is 0 Å². The second-order valence-electron chi connectivity index (χ2n) is 7.02. The molecular formula is C13H16BrF5.